The zero-order valence-electron chi connectivity index (χ0n) is 18.8. The van der Waals surface area contributed by atoms with Crippen LogP contribution in [0.25, 0.3) is 10.9 Å². The Balaban J connectivity index is 1.44. The molecule has 0 aliphatic carbocycles. The minimum atomic E-state index is -0.382. The lowest BCUT2D eigenvalue weighted by Crippen LogP contribution is -2.48. The van der Waals surface area contributed by atoms with Gasteiger partial charge in [0.25, 0.3) is 5.56 Å². The molecule has 1 fully saturated rings. The van der Waals surface area contributed by atoms with Gasteiger partial charge in [-0.25, -0.2) is 4.79 Å². The largest absolute Gasteiger partial charge is 0.495 e. The number of aromatic amines is 1. The summed E-state index contributed by atoms with van der Waals surface area (Å²) in [4.78, 5) is 33.0. The smallest absolute Gasteiger partial charge is 0.328 e. The van der Waals surface area contributed by atoms with E-state index < -0.39 is 0 Å². The van der Waals surface area contributed by atoms with Crippen molar-refractivity contribution in [2.24, 2.45) is 0 Å². The molecule has 0 atom stereocenters. The number of nitrogens with zero attached hydrogens (tertiary/aromatic N) is 3. The van der Waals surface area contributed by atoms with Crippen LogP contribution in [0.1, 0.15) is 13.8 Å². The molecule has 1 aliphatic rings. The molecular weight excluding hydrogens is 408 g/mol. The number of piperazine rings is 1. The number of benzene rings is 2. The summed E-state index contributed by atoms with van der Waals surface area (Å²) in [6.45, 7) is 8.27. The van der Waals surface area contributed by atoms with Crippen LogP contribution in [0.15, 0.2) is 52.1 Å². The van der Waals surface area contributed by atoms with Gasteiger partial charge in [0, 0.05) is 39.3 Å². The van der Waals surface area contributed by atoms with Gasteiger partial charge < -0.3 is 19.4 Å². The van der Waals surface area contributed by atoms with Gasteiger partial charge in [-0.3, -0.25) is 14.3 Å². The van der Waals surface area contributed by atoms with E-state index in [2.05, 4.69) is 20.9 Å². The average Bonchev–Trinajstić information content (AvgIpc) is 2.79. The molecule has 0 amide bonds. The van der Waals surface area contributed by atoms with E-state index >= 15 is 0 Å². The number of H-pyrrole nitrogens is 1. The third kappa shape index (κ3) is 4.65. The predicted octanol–water partition coefficient (Wildman–Crippen LogP) is 2.31. The molecule has 8 heteroatoms. The summed E-state index contributed by atoms with van der Waals surface area (Å²) in [6.07, 6.45) is 0.00644. The minimum Gasteiger partial charge on any atom is -0.495 e. The van der Waals surface area contributed by atoms with E-state index in [4.69, 9.17) is 9.47 Å². The third-order valence-corrected chi connectivity index (χ3v) is 5.76. The summed E-state index contributed by atoms with van der Waals surface area (Å²) < 4.78 is 12.5. The zero-order valence-corrected chi connectivity index (χ0v) is 18.8. The molecule has 4 rings (SSSR count). The van der Waals surface area contributed by atoms with Gasteiger partial charge in [0.15, 0.2) is 0 Å². The molecule has 0 spiro atoms. The second kappa shape index (κ2) is 9.48. The fourth-order valence-corrected chi connectivity index (χ4v) is 4.12. The topological polar surface area (TPSA) is 79.8 Å². The van der Waals surface area contributed by atoms with Crippen LogP contribution in [-0.2, 0) is 6.54 Å². The highest BCUT2D eigenvalue weighted by Gasteiger charge is 2.20. The lowest BCUT2D eigenvalue weighted by Gasteiger charge is -2.36. The number of methoxy groups -OCH3 is 1. The first-order chi connectivity index (χ1) is 15.5. The average molecular weight is 439 g/mol. The van der Waals surface area contributed by atoms with Crippen molar-refractivity contribution in [2.45, 2.75) is 26.5 Å². The summed E-state index contributed by atoms with van der Waals surface area (Å²) in [6, 6.07) is 13.2. The van der Waals surface area contributed by atoms with Crippen molar-refractivity contribution in [1.29, 1.82) is 0 Å². The van der Waals surface area contributed by atoms with Crippen LogP contribution in [0.2, 0.25) is 0 Å². The highest BCUT2D eigenvalue weighted by molar-refractivity contribution is 5.78. The van der Waals surface area contributed by atoms with E-state index in [9.17, 15) is 9.59 Å². The third-order valence-electron chi connectivity index (χ3n) is 5.76. The fourth-order valence-electron chi connectivity index (χ4n) is 4.12. The lowest BCUT2D eigenvalue weighted by molar-refractivity contribution is 0.242. The van der Waals surface area contributed by atoms with Crippen molar-refractivity contribution in [3.8, 4) is 11.5 Å². The molecule has 1 aliphatic heterocycles. The van der Waals surface area contributed by atoms with Crippen LogP contribution in [-0.4, -0.2) is 60.4 Å². The van der Waals surface area contributed by atoms with Crippen LogP contribution in [0.5, 0.6) is 11.5 Å². The Morgan fingerprint density at radius 1 is 1.00 bits per heavy atom. The molecule has 0 bridgehead atoms. The van der Waals surface area contributed by atoms with Gasteiger partial charge in [-0.2, -0.15) is 0 Å². The molecule has 0 saturated carbocycles. The number of hydrogen-bond donors (Lipinski definition) is 1. The molecule has 0 radical (unpaired) electrons. The van der Waals surface area contributed by atoms with Gasteiger partial charge in [-0.15, -0.1) is 0 Å². The van der Waals surface area contributed by atoms with Crippen LogP contribution in [0.3, 0.4) is 0 Å². The molecule has 0 unspecified atom stereocenters. The quantitative estimate of drug-likeness (QED) is 0.610. The fraction of sp³-hybridized carbons (Fsp3) is 0.417. The van der Waals surface area contributed by atoms with Crippen LogP contribution in [0.4, 0.5) is 5.69 Å². The van der Waals surface area contributed by atoms with Crippen LogP contribution < -0.4 is 25.6 Å². The Kier molecular flexibility index (Phi) is 6.50. The van der Waals surface area contributed by atoms with E-state index in [1.807, 2.05) is 32.0 Å². The van der Waals surface area contributed by atoms with E-state index in [-0.39, 0.29) is 17.4 Å². The van der Waals surface area contributed by atoms with Crippen molar-refractivity contribution in [3.63, 3.8) is 0 Å². The van der Waals surface area contributed by atoms with Crippen molar-refractivity contribution >= 4 is 16.6 Å². The summed E-state index contributed by atoms with van der Waals surface area (Å²) >= 11 is 0. The molecule has 1 saturated heterocycles. The van der Waals surface area contributed by atoms with E-state index in [0.717, 1.165) is 37.6 Å². The number of rotatable bonds is 7. The number of nitrogens with one attached hydrogen (secondary N) is 1. The maximum atomic E-state index is 13.0. The van der Waals surface area contributed by atoms with Gasteiger partial charge in [-0.05, 0) is 44.2 Å². The Bertz CT molecular complexity index is 1190. The first-order valence-corrected chi connectivity index (χ1v) is 11.0. The number of ether oxygens (including phenoxy) is 2. The number of fused-ring (bicyclic) bond motifs is 1. The Morgan fingerprint density at radius 3 is 2.47 bits per heavy atom. The SMILES string of the molecule is COc1ccccc1N1CCN(CCn2c(=O)[nH]c3ccc(OC(C)C)cc3c2=O)CC1. The normalized spacial score (nSPS) is 14.8. The summed E-state index contributed by atoms with van der Waals surface area (Å²) in [5.41, 5.74) is 0.951. The first-order valence-electron chi connectivity index (χ1n) is 11.0. The molecule has 1 N–H and O–H groups in total. The first kappa shape index (κ1) is 22.0. The summed E-state index contributed by atoms with van der Waals surface area (Å²) in [5.74, 6) is 1.49. The lowest BCUT2D eigenvalue weighted by atomic mass is 10.2. The summed E-state index contributed by atoms with van der Waals surface area (Å²) in [7, 11) is 1.69. The Morgan fingerprint density at radius 2 is 1.75 bits per heavy atom. The molecule has 170 valence electrons. The van der Waals surface area contributed by atoms with Crippen LogP contribution in [0, 0.1) is 0 Å². The monoisotopic (exact) mass is 438 g/mol. The summed E-state index contributed by atoms with van der Waals surface area (Å²) in [5, 5.41) is 0.462. The molecule has 8 nitrogen and oxygen atoms in total. The highest BCUT2D eigenvalue weighted by atomic mass is 16.5. The standard InChI is InChI=1S/C24H30N4O4/c1-17(2)32-18-8-9-20-19(16-18)23(29)28(24(30)25-20)15-12-26-10-13-27(14-11-26)21-6-4-5-7-22(21)31-3/h4-9,16-17H,10-15H2,1-3H3,(H,25,30). The molecule has 2 heterocycles. The molecule has 2 aromatic carbocycles. The second-order valence-corrected chi connectivity index (χ2v) is 8.26. The highest BCUT2D eigenvalue weighted by Crippen LogP contribution is 2.28. The molecule has 1 aromatic heterocycles. The maximum absolute atomic E-state index is 13.0. The van der Waals surface area contributed by atoms with E-state index in [1.165, 1.54) is 4.57 Å². The predicted molar refractivity (Wildman–Crippen MR) is 126 cm³/mol. The Labute approximate surface area is 187 Å². The van der Waals surface area contributed by atoms with Gasteiger partial charge in [0.05, 0.1) is 29.8 Å². The molecule has 3 aromatic rings. The Hall–Kier alpha value is -3.26. The second-order valence-electron chi connectivity index (χ2n) is 8.26. The zero-order chi connectivity index (χ0) is 22.7. The van der Waals surface area contributed by atoms with E-state index in [1.54, 1.807) is 25.3 Å². The number of anilines is 1. The van der Waals surface area contributed by atoms with Crippen molar-refractivity contribution in [3.05, 3.63) is 63.3 Å². The minimum absolute atomic E-state index is 0.00644. The van der Waals surface area contributed by atoms with Gasteiger partial charge in [0.2, 0.25) is 0 Å². The van der Waals surface area contributed by atoms with Gasteiger partial charge in [-0.1, -0.05) is 12.1 Å². The number of para-hydroxylation sites is 2. The van der Waals surface area contributed by atoms with E-state index in [0.29, 0.717) is 29.7 Å². The maximum Gasteiger partial charge on any atom is 0.328 e. The van der Waals surface area contributed by atoms with Gasteiger partial charge in [0.1, 0.15) is 11.5 Å². The molecule has 32 heavy (non-hydrogen) atoms. The van der Waals surface area contributed by atoms with Crippen LogP contribution >= 0.6 is 0 Å². The van der Waals surface area contributed by atoms with Crippen molar-refractivity contribution < 1.29 is 9.47 Å². The van der Waals surface area contributed by atoms with Crippen molar-refractivity contribution in [1.82, 2.24) is 14.5 Å². The molecular formula is C24H30N4O4. The van der Waals surface area contributed by atoms with Crippen molar-refractivity contribution in [2.75, 3.05) is 44.7 Å². The van der Waals surface area contributed by atoms with Gasteiger partial charge >= 0.3 is 5.69 Å². The number of aromatic nitrogens is 2. The number of hydrogen-bond acceptors (Lipinski definition) is 6.